The molecule has 0 aromatic carbocycles. The van der Waals surface area contributed by atoms with Gasteiger partial charge in [0.15, 0.2) is 0 Å². The topological polar surface area (TPSA) is 37.3 Å². The molecule has 0 amide bonds. The lowest BCUT2D eigenvalue weighted by molar-refractivity contribution is -0.137. The molecule has 0 rings (SSSR count). The van der Waals surface area contributed by atoms with E-state index in [0.717, 1.165) is 44.9 Å². The number of rotatable bonds is 13. The van der Waals surface area contributed by atoms with Gasteiger partial charge < -0.3 is 5.11 Å². The van der Waals surface area contributed by atoms with Crippen molar-refractivity contribution in [3.8, 4) is 0 Å². The molecule has 0 aliphatic heterocycles. The summed E-state index contributed by atoms with van der Waals surface area (Å²) in [4.78, 5) is 10.3. The fraction of sp³-hybridized carbons (Fsp3) is 0.611. The van der Waals surface area contributed by atoms with Crippen LogP contribution in [0.5, 0.6) is 0 Å². The van der Waals surface area contributed by atoms with Gasteiger partial charge in [-0.25, -0.2) is 0 Å². The summed E-state index contributed by atoms with van der Waals surface area (Å²) >= 11 is 0. The van der Waals surface area contributed by atoms with E-state index in [0.29, 0.717) is 6.42 Å². The molecule has 0 unspecified atom stereocenters. The van der Waals surface area contributed by atoms with Crippen molar-refractivity contribution in [3.05, 3.63) is 36.5 Å². The van der Waals surface area contributed by atoms with E-state index in [1.807, 2.05) is 24.3 Å². The van der Waals surface area contributed by atoms with Crippen LogP contribution in [0.25, 0.3) is 0 Å². The molecule has 0 aromatic rings. The van der Waals surface area contributed by atoms with Crippen LogP contribution in [0.2, 0.25) is 0 Å². The standard InChI is InChI=1S/C18H30O2/c1-2-3-4-5-6-7-8-9-10-11-12-13-14-15-16-17-18(19)20/h3-4,6-7,10-11H,2,5,8-9,12-17H2,1H3,(H,19,20)/i8D2. The maximum Gasteiger partial charge on any atom is 0.303 e. The molecular formula is C18H30O2. The highest BCUT2D eigenvalue weighted by molar-refractivity contribution is 5.66. The van der Waals surface area contributed by atoms with Crippen molar-refractivity contribution < 1.29 is 12.6 Å². The summed E-state index contributed by atoms with van der Waals surface area (Å²) in [6, 6.07) is 0. The van der Waals surface area contributed by atoms with Crippen LogP contribution in [0, 0.1) is 0 Å². The van der Waals surface area contributed by atoms with Gasteiger partial charge in [0.05, 0.1) is 0 Å². The number of hydrogen-bond donors (Lipinski definition) is 1. The normalized spacial score (nSPS) is 14.2. The van der Waals surface area contributed by atoms with Crippen molar-refractivity contribution in [1.82, 2.24) is 0 Å². The zero-order valence-electron chi connectivity index (χ0n) is 14.7. The predicted molar refractivity (Wildman–Crippen MR) is 86.9 cm³/mol. The monoisotopic (exact) mass is 280 g/mol. The number of carbonyl (C=O) groups is 1. The van der Waals surface area contributed by atoms with Crippen LogP contribution in [-0.2, 0) is 4.79 Å². The second kappa shape index (κ2) is 15.7. The van der Waals surface area contributed by atoms with Crippen molar-refractivity contribution >= 4 is 5.97 Å². The van der Waals surface area contributed by atoms with Gasteiger partial charge >= 0.3 is 5.97 Å². The molecule has 0 heterocycles. The van der Waals surface area contributed by atoms with Crippen molar-refractivity contribution in [1.29, 1.82) is 0 Å². The van der Waals surface area contributed by atoms with E-state index >= 15 is 0 Å². The van der Waals surface area contributed by atoms with Crippen LogP contribution in [0.4, 0.5) is 0 Å². The molecule has 1 N–H and O–H groups in total. The second-order valence-corrected chi connectivity index (χ2v) is 4.74. The van der Waals surface area contributed by atoms with Gasteiger partial charge in [-0.15, -0.1) is 0 Å². The maximum absolute atomic E-state index is 10.3. The molecule has 0 aliphatic rings. The minimum absolute atomic E-state index is 0.260. The third-order valence-electron chi connectivity index (χ3n) is 2.82. The van der Waals surface area contributed by atoms with Crippen LogP contribution < -0.4 is 0 Å². The quantitative estimate of drug-likeness (QED) is 0.349. The minimum atomic E-state index is -1.28. The molecule has 0 aromatic heterocycles. The Morgan fingerprint density at radius 3 is 2.40 bits per heavy atom. The SMILES string of the molecule is [2H]C([2H])(C=CCC=CCC)CC=CCCCCCCC(=O)O. The van der Waals surface area contributed by atoms with Crippen molar-refractivity contribution in [2.75, 3.05) is 0 Å². The Hall–Kier alpha value is -1.31. The molecule has 114 valence electrons. The first kappa shape index (κ1) is 15.1. The number of allylic oxidation sites excluding steroid dienone is 6. The van der Waals surface area contributed by atoms with Crippen LogP contribution in [0.15, 0.2) is 36.5 Å². The summed E-state index contributed by atoms with van der Waals surface area (Å²) in [5.41, 5.74) is 0. The highest BCUT2D eigenvalue weighted by atomic mass is 16.4. The number of hydrogen-bond acceptors (Lipinski definition) is 1. The molecule has 0 bridgehead atoms. The van der Waals surface area contributed by atoms with Gasteiger partial charge in [0.25, 0.3) is 0 Å². The molecule has 2 nitrogen and oxygen atoms in total. The van der Waals surface area contributed by atoms with Gasteiger partial charge in [0, 0.05) is 9.16 Å². The average Bonchev–Trinajstić information content (AvgIpc) is 2.45. The van der Waals surface area contributed by atoms with E-state index in [4.69, 9.17) is 7.85 Å². The van der Waals surface area contributed by atoms with E-state index in [1.165, 1.54) is 0 Å². The van der Waals surface area contributed by atoms with E-state index in [-0.39, 0.29) is 6.42 Å². The van der Waals surface area contributed by atoms with Gasteiger partial charge in [-0.1, -0.05) is 56.2 Å². The summed E-state index contributed by atoms with van der Waals surface area (Å²) < 4.78 is 15.7. The van der Waals surface area contributed by atoms with Gasteiger partial charge in [-0.3, -0.25) is 4.79 Å². The number of aliphatic carboxylic acids is 1. The lowest BCUT2D eigenvalue weighted by atomic mass is 10.1. The van der Waals surface area contributed by atoms with Crippen molar-refractivity contribution in [2.24, 2.45) is 0 Å². The molecule has 0 radical (unpaired) electrons. The van der Waals surface area contributed by atoms with Crippen LogP contribution in [0.3, 0.4) is 0 Å². The fourth-order valence-electron chi connectivity index (χ4n) is 1.72. The lowest BCUT2D eigenvalue weighted by Gasteiger charge is -1.96. The van der Waals surface area contributed by atoms with E-state index in [9.17, 15) is 4.79 Å². The zero-order valence-corrected chi connectivity index (χ0v) is 12.7. The Labute approximate surface area is 127 Å². The molecular weight excluding hydrogens is 248 g/mol. The molecule has 0 saturated heterocycles. The minimum Gasteiger partial charge on any atom is -0.481 e. The Kier molecular flexibility index (Phi) is 11.9. The molecule has 0 fully saturated rings. The highest BCUT2D eigenvalue weighted by Gasteiger charge is 1.95. The van der Waals surface area contributed by atoms with Crippen LogP contribution in [0.1, 0.15) is 73.8 Å². The zero-order chi connectivity index (χ0) is 16.7. The van der Waals surface area contributed by atoms with Gasteiger partial charge in [0.2, 0.25) is 0 Å². The van der Waals surface area contributed by atoms with Crippen molar-refractivity contribution in [2.45, 2.75) is 71.1 Å². The van der Waals surface area contributed by atoms with Crippen LogP contribution >= 0.6 is 0 Å². The third-order valence-corrected chi connectivity index (χ3v) is 2.82. The van der Waals surface area contributed by atoms with Gasteiger partial charge in [-0.05, 0) is 44.9 Å². The van der Waals surface area contributed by atoms with Crippen molar-refractivity contribution in [3.63, 3.8) is 0 Å². The van der Waals surface area contributed by atoms with Gasteiger partial charge in [0.1, 0.15) is 0 Å². The maximum atomic E-state index is 10.3. The average molecular weight is 280 g/mol. The van der Waals surface area contributed by atoms with E-state index in [2.05, 4.69) is 13.0 Å². The Morgan fingerprint density at radius 1 is 0.950 bits per heavy atom. The molecule has 20 heavy (non-hydrogen) atoms. The van der Waals surface area contributed by atoms with Crippen LogP contribution in [-0.4, -0.2) is 11.1 Å². The highest BCUT2D eigenvalue weighted by Crippen LogP contribution is 2.06. The number of carboxylic acid groups (broad SMARTS) is 1. The molecule has 0 spiro atoms. The first-order chi connectivity index (χ1) is 10.5. The first-order valence-corrected chi connectivity index (χ1v) is 7.67. The molecule has 0 aliphatic carbocycles. The Bertz CT molecular complexity index is 371. The molecule has 0 atom stereocenters. The summed E-state index contributed by atoms with van der Waals surface area (Å²) in [5, 5.41) is 8.51. The molecule has 2 heteroatoms. The Morgan fingerprint density at radius 2 is 1.65 bits per heavy atom. The lowest BCUT2D eigenvalue weighted by Crippen LogP contribution is -1.93. The van der Waals surface area contributed by atoms with E-state index < -0.39 is 12.3 Å². The smallest absolute Gasteiger partial charge is 0.303 e. The Balaban J connectivity index is 3.68. The summed E-state index contributed by atoms with van der Waals surface area (Å²) in [6.07, 6.45) is 17.5. The largest absolute Gasteiger partial charge is 0.481 e. The van der Waals surface area contributed by atoms with E-state index in [1.54, 1.807) is 6.08 Å². The summed E-state index contributed by atoms with van der Waals surface area (Å²) in [6.45, 7) is 2.08. The first-order valence-electron chi connectivity index (χ1n) is 8.67. The summed E-state index contributed by atoms with van der Waals surface area (Å²) in [5.74, 6) is -0.722. The second-order valence-electron chi connectivity index (χ2n) is 4.74. The predicted octanol–water partition coefficient (Wildman–Crippen LogP) is 5.66. The third kappa shape index (κ3) is 16.7. The summed E-state index contributed by atoms with van der Waals surface area (Å²) in [7, 11) is 0. The molecule has 0 saturated carbocycles. The number of carboxylic acids is 1. The van der Waals surface area contributed by atoms with Gasteiger partial charge in [-0.2, -0.15) is 0 Å². The fourth-order valence-corrected chi connectivity index (χ4v) is 1.72. The number of unbranched alkanes of at least 4 members (excludes halogenated alkanes) is 4.